The molecule has 2 N–H and O–H groups in total. The van der Waals surface area contributed by atoms with Gasteiger partial charge in [-0.2, -0.15) is 13.2 Å². The molecular formula is C17H10ClF3N2O2. The quantitative estimate of drug-likeness (QED) is 0.656. The molecule has 0 aliphatic heterocycles. The van der Waals surface area contributed by atoms with E-state index in [4.69, 9.17) is 16.7 Å². The monoisotopic (exact) mass is 366 g/mol. The Balaban J connectivity index is 2.07. The van der Waals surface area contributed by atoms with Crippen LogP contribution in [0.5, 0.6) is 0 Å². The van der Waals surface area contributed by atoms with Gasteiger partial charge >= 0.3 is 12.1 Å². The number of benzene rings is 2. The van der Waals surface area contributed by atoms with E-state index in [9.17, 15) is 18.0 Å². The first kappa shape index (κ1) is 17.0. The Morgan fingerprint density at radius 1 is 1.16 bits per heavy atom. The predicted molar refractivity (Wildman–Crippen MR) is 88.4 cm³/mol. The standard InChI is InChI=1S/C17H10ClF3N2O2/c18-13-7-11-14(23-10-3-1-2-9(6-10)16(24)25)4-5-22-15(11)8-12(13)17(19,20)21/h1-8H,(H,22,23)(H,24,25). The molecule has 0 fully saturated rings. The summed E-state index contributed by atoms with van der Waals surface area (Å²) < 4.78 is 38.9. The number of anilines is 2. The van der Waals surface area contributed by atoms with Gasteiger partial charge in [-0.3, -0.25) is 4.98 Å². The van der Waals surface area contributed by atoms with Crippen LogP contribution in [-0.2, 0) is 6.18 Å². The summed E-state index contributed by atoms with van der Waals surface area (Å²) in [7, 11) is 0. The number of hydrogen-bond donors (Lipinski definition) is 2. The highest BCUT2D eigenvalue weighted by molar-refractivity contribution is 6.32. The summed E-state index contributed by atoms with van der Waals surface area (Å²) in [5, 5.41) is 12.0. The average molecular weight is 367 g/mol. The molecule has 1 heterocycles. The zero-order valence-electron chi connectivity index (χ0n) is 12.4. The second kappa shape index (κ2) is 6.25. The number of alkyl halides is 3. The van der Waals surface area contributed by atoms with Crippen molar-refractivity contribution in [3.8, 4) is 0 Å². The number of carboxylic acid groups (broad SMARTS) is 1. The number of pyridine rings is 1. The summed E-state index contributed by atoms with van der Waals surface area (Å²) in [6.45, 7) is 0. The Morgan fingerprint density at radius 2 is 1.92 bits per heavy atom. The Labute approximate surface area is 144 Å². The molecule has 0 saturated heterocycles. The van der Waals surface area contributed by atoms with Crippen LogP contribution in [0.3, 0.4) is 0 Å². The zero-order chi connectivity index (χ0) is 18.2. The van der Waals surface area contributed by atoms with Crippen molar-refractivity contribution in [1.29, 1.82) is 0 Å². The molecule has 0 saturated carbocycles. The molecule has 1 aromatic heterocycles. The molecule has 3 rings (SSSR count). The van der Waals surface area contributed by atoms with E-state index in [1.165, 1.54) is 24.4 Å². The number of aromatic nitrogens is 1. The molecule has 128 valence electrons. The number of carboxylic acids is 1. The van der Waals surface area contributed by atoms with Crippen molar-refractivity contribution < 1.29 is 23.1 Å². The normalized spacial score (nSPS) is 11.5. The molecule has 0 bridgehead atoms. The highest BCUT2D eigenvalue weighted by Gasteiger charge is 2.33. The lowest BCUT2D eigenvalue weighted by molar-refractivity contribution is -0.137. The first-order chi connectivity index (χ1) is 11.8. The summed E-state index contributed by atoms with van der Waals surface area (Å²) >= 11 is 5.78. The molecule has 0 aliphatic rings. The van der Waals surface area contributed by atoms with Crippen LogP contribution in [0.25, 0.3) is 10.9 Å². The molecule has 2 aromatic carbocycles. The lowest BCUT2D eigenvalue weighted by atomic mass is 10.1. The minimum absolute atomic E-state index is 0.0840. The Hall–Kier alpha value is -2.80. The molecular weight excluding hydrogens is 357 g/mol. The highest BCUT2D eigenvalue weighted by atomic mass is 35.5. The molecule has 0 spiro atoms. The van der Waals surface area contributed by atoms with Gasteiger partial charge in [-0.1, -0.05) is 17.7 Å². The fraction of sp³-hybridized carbons (Fsp3) is 0.0588. The molecule has 0 aliphatic carbocycles. The van der Waals surface area contributed by atoms with Gasteiger partial charge in [0, 0.05) is 23.0 Å². The van der Waals surface area contributed by atoms with Gasteiger partial charge in [0.1, 0.15) is 0 Å². The van der Waals surface area contributed by atoms with Gasteiger partial charge < -0.3 is 10.4 Å². The van der Waals surface area contributed by atoms with Crippen molar-refractivity contribution in [3.05, 3.63) is 64.8 Å². The van der Waals surface area contributed by atoms with Crippen LogP contribution in [0, 0.1) is 0 Å². The fourth-order valence-electron chi connectivity index (χ4n) is 2.38. The molecule has 25 heavy (non-hydrogen) atoms. The summed E-state index contributed by atoms with van der Waals surface area (Å²) in [6.07, 6.45) is -3.22. The smallest absolute Gasteiger partial charge is 0.417 e. The molecule has 3 aromatic rings. The van der Waals surface area contributed by atoms with Gasteiger partial charge in [0.2, 0.25) is 0 Å². The molecule has 0 atom stereocenters. The van der Waals surface area contributed by atoms with Crippen LogP contribution >= 0.6 is 11.6 Å². The number of hydrogen-bond acceptors (Lipinski definition) is 3. The molecule has 0 radical (unpaired) electrons. The number of nitrogens with zero attached hydrogens (tertiary/aromatic N) is 1. The number of rotatable bonds is 3. The number of fused-ring (bicyclic) bond motifs is 1. The van der Waals surface area contributed by atoms with E-state index < -0.39 is 22.7 Å². The van der Waals surface area contributed by atoms with Crippen LogP contribution in [0.2, 0.25) is 5.02 Å². The SMILES string of the molecule is O=C(O)c1cccc(Nc2ccnc3cc(C(F)(F)F)c(Cl)cc23)c1. The van der Waals surface area contributed by atoms with Crippen LogP contribution in [0.1, 0.15) is 15.9 Å². The summed E-state index contributed by atoms with van der Waals surface area (Å²) in [6, 6.07) is 9.70. The average Bonchev–Trinajstić information content (AvgIpc) is 2.54. The van der Waals surface area contributed by atoms with Crippen molar-refractivity contribution >= 4 is 39.8 Å². The Bertz CT molecular complexity index is 974. The van der Waals surface area contributed by atoms with E-state index in [2.05, 4.69) is 10.3 Å². The first-order valence-corrected chi connectivity index (χ1v) is 7.39. The third-order valence-corrected chi connectivity index (χ3v) is 3.84. The lowest BCUT2D eigenvalue weighted by Gasteiger charge is -2.13. The molecule has 0 unspecified atom stereocenters. The van der Waals surface area contributed by atoms with Crippen molar-refractivity contribution in [2.24, 2.45) is 0 Å². The van der Waals surface area contributed by atoms with E-state index in [0.717, 1.165) is 6.07 Å². The van der Waals surface area contributed by atoms with Gasteiger partial charge in [-0.05, 0) is 36.4 Å². The van der Waals surface area contributed by atoms with Crippen LogP contribution in [0.4, 0.5) is 24.5 Å². The van der Waals surface area contributed by atoms with E-state index >= 15 is 0 Å². The first-order valence-electron chi connectivity index (χ1n) is 7.01. The Morgan fingerprint density at radius 3 is 2.60 bits per heavy atom. The summed E-state index contributed by atoms with van der Waals surface area (Å²) in [5.41, 5.74) is 0.183. The fourth-order valence-corrected chi connectivity index (χ4v) is 2.65. The summed E-state index contributed by atoms with van der Waals surface area (Å²) in [4.78, 5) is 15.0. The third kappa shape index (κ3) is 3.51. The second-order valence-electron chi connectivity index (χ2n) is 5.22. The van der Waals surface area contributed by atoms with Crippen molar-refractivity contribution in [3.63, 3.8) is 0 Å². The van der Waals surface area contributed by atoms with E-state index in [1.807, 2.05) is 0 Å². The third-order valence-electron chi connectivity index (χ3n) is 3.52. The zero-order valence-corrected chi connectivity index (χ0v) is 13.2. The number of nitrogens with one attached hydrogen (secondary N) is 1. The van der Waals surface area contributed by atoms with Crippen molar-refractivity contribution in [1.82, 2.24) is 4.98 Å². The van der Waals surface area contributed by atoms with Crippen molar-refractivity contribution in [2.75, 3.05) is 5.32 Å². The van der Waals surface area contributed by atoms with E-state index in [-0.39, 0.29) is 11.1 Å². The van der Waals surface area contributed by atoms with E-state index in [1.54, 1.807) is 18.2 Å². The van der Waals surface area contributed by atoms with Gasteiger partial charge in [-0.15, -0.1) is 0 Å². The molecule has 4 nitrogen and oxygen atoms in total. The molecule has 0 amide bonds. The largest absolute Gasteiger partial charge is 0.478 e. The minimum atomic E-state index is -4.58. The van der Waals surface area contributed by atoms with Gasteiger partial charge in [0.05, 0.1) is 21.7 Å². The minimum Gasteiger partial charge on any atom is -0.478 e. The maximum atomic E-state index is 13.0. The molecule has 8 heteroatoms. The Kier molecular flexibility index (Phi) is 4.26. The summed E-state index contributed by atoms with van der Waals surface area (Å²) in [5.74, 6) is -1.08. The van der Waals surface area contributed by atoms with Gasteiger partial charge in [0.25, 0.3) is 0 Å². The van der Waals surface area contributed by atoms with Gasteiger partial charge in [0.15, 0.2) is 0 Å². The second-order valence-corrected chi connectivity index (χ2v) is 5.62. The van der Waals surface area contributed by atoms with Crippen molar-refractivity contribution in [2.45, 2.75) is 6.18 Å². The maximum Gasteiger partial charge on any atom is 0.417 e. The van der Waals surface area contributed by atoms with Crippen LogP contribution in [0.15, 0.2) is 48.7 Å². The van der Waals surface area contributed by atoms with Crippen LogP contribution in [-0.4, -0.2) is 16.1 Å². The number of carbonyl (C=O) groups is 1. The van der Waals surface area contributed by atoms with Crippen LogP contribution < -0.4 is 5.32 Å². The van der Waals surface area contributed by atoms with Gasteiger partial charge in [-0.25, -0.2) is 4.79 Å². The highest BCUT2D eigenvalue weighted by Crippen LogP contribution is 2.38. The van der Waals surface area contributed by atoms with E-state index in [0.29, 0.717) is 16.8 Å². The lowest BCUT2D eigenvalue weighted by Crippen LogP contribution is -2.06. The number of halogens is 4. The number of aromatic carboxylic acids is 1. The topological polar surface area (TPSA) is 62.2 Å². The predicted octanol–water partition coefficient (Wildman–Crippen LogP) is 5.35. The maximum absolute atomic E-state index is 13.0.